The summed E-state index contributed by atoms with van der Waals surface area (Å²) in [5, 5.41) is 32.0. The number of halogens is 4. The molecule has 2 aromatic carbocycles. The lowest BCUT2D eigenvalue weighted by molar-refractivity contribution is -0.393. The van der Waals surface area contributed by atoms with Crippen LogP contribution in [0, 0.1) is 20.2 Å². The van der Waals surface area contributed by atoms with Crippen LogP contribution in [0.5, 0.6) is 0 Å². The predicted molar refractivity (Wildman–Crippen MR) is 110 cm³/mol. The van der Waals surface area contributed by atoms with Gasteiger partial charge >= 0.3 is 12.1 Å². The molecule has 0 atom stereocenters. The zero-order valence-electron chi connectivity index (χ0n) is 16.1. The van der Waals surface area contributed by atoms with Crippen LogP contribution in [0.15, 0.2) is 36.4 Å². The van der Waals surface area contributed by atoms with Crippen molar-refractivity contribution in [2.45, 2.75) is 6.18 Å². The Kier molecular flexibility index (Phi) is 7.13. The van der Waals surface area contributed by atoms with Crippen LogP contribution in [0.3, 0.4) is 0 Å². The number of benzene rings is 2. The van der Waals surface area contributed by atoms with Crippen molar-refractivity contribution in [1.82, 2.24) is 0 Å². The number of carbonyl (C=O) groups is 1. The maximum atomic E-state index is 13.0. The number of nitro benzene ring substituents is 2. The van der Waals surface area contributed by atoms with Gasteiger partial charge in [-0.05, 0) is 18.2 Å². The number of nitrogens with zero attached hydrogens (tertiary/aromatic N) is 4. The molecule has 1 saturated heterocycles. The van der Waals surface area contributed by atoms with Crippen molar-refractivity contribution >= 4 is 41.1 Å². The van der Waals surface area contributed by atoms with Crippen LogP contribution in [0.2, 0.25) is 0 Å². The summed E-state index contributed by atoms with van der Waals surface area (Å²) in [6.07, 6.45) is -4.51. The summed E-state index contributed by atoms with van der Waals surface area (Å²) in [6, 6.07) is 6.16. The molecule has 32 heavy (non-hydrogen) atoms. The average molecular weight is 477 g/mol. The summed E-state index contributed by atoms with van der Waals surface area (Å²) in [5.74, 6) is -1.57. The van der Waals surface area contributed by atoms with Crippen LogP contribution in [-0.2, 0) is 6.18 Å². The number of alkyl halides is 3. The largest absolute Gasteiger partial charge is 0.478 e. The Labute approximate surface area is 184 Å². The number of anilines is 2. The highest BCUT2D eigenvalue weighted by atomic mass is 35.5. The molecule has 0 aromatic heterocycles. The fourth-order valence-corrected chi connectivity index (χ4v) is 3.41. The predicted octanol–water partition coefficient (Wildman–Crippen LogP) is 3.97. The van der Waals surface area contributed by atoms with Crippen LogP contribution >= 0.6 is 12.4 Å². The molecule has 1 fully saturated rings. The molecule has 0 amide bonds. The summed E-state index contributed by atoms with van der Waals surface area (Å²) in [7, 11) is 0. The third kappa shape index (κ3) is 4.99. The monoisotopic (exact) mass is 476 g/mol. The minimum atomic E-state index is -4.51. The maximum Gasteiger partial charge on any atom is 0.416 e. The Balaban J connectivity index is 0.00000363. The summed E-state index contributed by atoms with van der Waals surface area (Å²) >= 11 is 0. The van der Waals surface area contributed by atoms with E-state index in [-0.39, 0.29) is 44.3 Å². The summed E-state index contributed by atoms with van der Waals surface area (Å²) < 4.78 is 38.9. The summed E-state index contributed by atoms with van der Waals surface area (Å²) in [4.78, 5) is 35.4. The van der Waals surface area contributed by atoms with Crippen LogP contribution < -0.4 is 9.80 Å². The fourth-order valence-electron chi connectivity index (χ4n) is 3.41. The Bertz CT molecular complexity index is 1020. The van der Waals surface area contributed by atoms with Crippen LogP contribution in [0.4, 0.5) is 35.9 Å². The van der Waals surface area contributed by atoms with Crippen molar-refractivity contribution in [3.63, 3.8) is 0 Å². The molecule has 0 saturated carbocycles. The zero-order valence-corrected chi connectivity index (χ0v) is 16.9. The second-order valence-corrected chi connectivity index (χ2v) is 6.70. The van der Waals surface area contributed by atoms with E-state index < -0.39 is 44.5 Å². The van der Waals surface area contributed by atoms with Gasteiger partial charge in [0, 0.05) is 37.9 Å². The highest BCUT2D eigenvalue weighted by molar-refractivity contribution is 5.98. The van der Waals surface area contributed by atoms with Crippen molar-refractivity contribution in [3.8, 4) is 0 Å². The summed E-state index contributed by atoms with van der Waals surface area (Å²) in [5.41, 5.74) is -2.81. The molecular weight excluding hydrogens is 461 g/mol. The Morgan fingerprint density at radius 2 is 1.56 bits per heavy atom. The normalized spacial score (nSPS) is 14.0. The molecular formula is C18H16ClF3N4O6. The van der Waals surface area contributed by atoms with E-state index in [1.165, 1.54) is 17.0 Å². The number of hydrogen-bond acceptors (Lipinski definition) is 7. The van der Waals surface area contributed by atoms with Gasteiger partial charge in [0.1, 0.15) is 5.69 Å². The standard InChI is InChI=1S/C18H15F3N4O6.ClH/c19-18(20,21)11-2-1-3-12(8-11)22-4-6-23(7-5-22)16-14(17(26)27)9-13(24(28)29)10-15(16)25(30)31;/h1-3,8-10H,4-7H2,(H,26,27);1H. The molecule has 172 valence electrons. The van der Waals surface area contributed by atoms with Crippen molar-refractivity contribution in [1.29, 1.82) is 0 Å². The van der Waals surface area contributed by atoms with E-state index in [4.69, 9.17) is 0 Å². The number of piperazine rings is 1. The van der Waals surface area contributed by atoms with Gasteiger partial charge in [0.15, 0.2) is 0 Å². The number of hydrogen-bond donors (Lipinski definition) is 1. The molecule has 0 spiro atoms. The van der Waals surface area contributed by atoms with E-state index in [0.29, 0.717) is 11.8 Å². The molecule has 0 radical (unpaired) electrons. The fraction of sp³-hybridized carbons (Fsp3) is 0.278. The van der Waals surface area contributed by atoms with E-state index in [9.17, 15) is 43.3 Å². The van der Waals surface area contributed by atoms with Gasteiger partial charge in [-0.1, -0.05) is 6.07 Å². The second kappa shape index (κ2) is 9.26. The number of non-ortho nitro benzene ring substituents is 1. The first-order valence-electron chi connectivity index (χ1n) is 8.86. The van der Waals surface area contributed by atoms with Gasteiger partial charge in [-0.2, -0.15) is 13.2 Å². The molecule has 1 aliphatic rings. The van der Waals surface area contributed by atoms with Crippen molar-refractivity contribution in [2.75, 3.05) is 36.0 Å². The van der Waals surface area contributed by atoms with Gasteiger partial charge in [-0.15, -0.1) is 12.4 Å². The van der Waals surface area contributed by atoms with Crippen LogP contribution in [-0.4, -0.2) is 47.1 Å². The van der Waals surface area contributed by atoms with Crippen LogP contribution in [0.25, 0.3) is 0 Å². The second-order valence-electron chi connectivity index (χ2n) is 6.70. The first-order valence-corrected chi connectivity index (χ1v) is 8.86. The van der Waals surface area contributed by atoms with Gasteiger partial charge in [0.05, 0.1) is 27.0 Å². The topological polar surface area (TPSA) is 130 Å². The Morgan fingerprint density at radius 1 is 0.969 bits per heavy atom. The number of rotatable bonds is 5. The number of carboxylic acid groups (broad SMARTS) is 1. The maximum absolute atomic E-state index is 13.0. The highest BCUT2D eigenvalue weighted by Crippen LogP contribution is 2.37. The van der Waals surface area contributed by atoms with Gasteiger partial charge in [-0.25, -0.2) is 4.79 Å². The SMILES string of the molecule is Cl.O=C(O)c1cc([N+](=O)[O-])cc([N+](=O)[O-])c1N1CCN(c2cccc(C(F)(F)F)c2)CC1. The first-order chi connectivity index (χ1) is 14.5. The van der Waals surface area contributed by atoms with E-state index in [1.807, 2.05) is 0 Å². The van der Waals surface area contributed by atoms with E-state index in [1.54, 1.807) is 4.90 Å². The quantitative estimate of drug-likeness (QED) is 0.506. The molecule has 1 aliphatic heterocycles. The lowest BCUT2D eigenvalue weighted by atomic mass is 10.1. The van der Waals surface area contributed by atoms with Gasteiger partial charge < -0.3 is 14.9 Å². The molecule has 2 aromatic rings. The van der Waals surface area contributed by atoms with E-state index in [0.717, 1.165) is 18.2 Å². The third-order valence-corrected chi connectivity index (χ3v) is 4.85. The van der Waals surface area contributed by atoms with Crippen molar-refractivity contribution in [2.24, 2.45) is 0 Å². The lowest BCUT2D eigenvalue weighted by Gasteiger charge is -2.37. The molecule has 14 heteroatoms. The molecule has 10 nitrogen and oxygen atoms in total. The van der Waals surface area contributed by atoms with Crippen molar-refractivity contribution < 1.29 is 32.9 Å². The summed E-state index contributed by atoms with van der Waals surface area (Å²) in [6.45, 7) is 0.452. The number of carboxylic acids is 1. The minimum Gasteiger partial charge on any atom is -0.478 e. The lowest BCUT2D eigenvalue weighted by Crippen LogP contribution is -2.47. The third-order valence-electron chi connectivity index (χ3n) is 4.85. The highest BCUT2D eigenvalue weighted by Gasteiger charge is 2.34. The smallest absolute Gasteiger partial charge is 0.416 e. The molecule has 3 rings (SSSR count). The first kappa shape index (κ1) is 24.7. The van der Waals surface area contributed by atoms with E-state index >= 15 is 0 Å². The molecule has 0 unspecified atom stereocenters. The average Bonchev–Trinajstić information content (AvgIpc) is 2.72. The molecule has 1 N–H and O–H groups in total. The Hall–Kier alpha value is -3.61. The van der Waals surface area contributed by atoms with Gasteiger partial charge in [-0.3, -0.25) is 20.2 Å². The number of aromatic carboxylic acids is 1. The number of nitro groups is 2. The van der Waals surface area contributed by atoms with Gasteiger partial charge in [0.25, 0.3) is 11.4 Å². The van der Waals surface area contributed by atoms with Crippen LogP contribution in [0.1, 0.15) is 15.9 Å². The molecule has 0 aliphatic carbocycles. The van der Waals surface area contributed by atoms with Crippen molar-refractivity contribution in [3.05, 3.63) is 67.8 Å². The zero-order chi connectivity index (χ0) is 22.9. The molecule has 1 heterocycles. The Morgan fingerprint density at radius 3 is 2.06 bits per heavy atom. The van der Waals surface area contributed by atoms with Gasteiger partial charge in [0.2, 0.25) is 0 Å². The molecule has 0 bridgehead atoms. The van der Waals surface area contributed by atoms with E-state index in [2.05, 4.69) is 0 Å². The minimum absolute atomic E-state index is 0.